The van der Waals surface area contributed by atoms with Crippen LogP contribution in [0.1, 0.15) is 119 Å². The number of hydrogen-bond acceptors (Lipinski definition) is 4. The Morgan fingerprint density at radius 1 is 0.978 bits per heavy atom. The number of methoxy groups -OCH3 is 1. The lowest BCUT2D eigenvalue weighted by molar-refractivity contribution is -0.132. The molecule has 5 nitrogen and oxygen atoms in total. The highest BCUT2D eigenvalue weighted by Crippen LogP contribution is 2.31. The summed E-state index contributed by atoms with van der Waals surface area (Å²) in [7, 11) is 1.65. The molecular formula is C40H60O5. The van der Waals surface area contributed by atoms with Gasteiger partial charge >= 0.3 is 5.97 Å². The minimum absolute atomic E-state index is 0.213. The maximum atomic E-state index is 11.5. The van der Waals surface area contributed by atoms with Gasteiger partial charge in [0.1, 0.15) is 11.5 Å². The van der Waals surface area contributed by atoms with Crippen molar-refractivity contribution in [1.82, 2.24) is 0 Å². The van der Waals surface area contributed by atoms with E-state index in [1.807, 2.05) is 98.7 Å². The summed E-state index contributed by atoms with van der Waals surface area (Å²) in [4.78, 5) is 33.3. The number of aryl methyl sites for hydroxylation is 1. The average Bonchev–Trinajstić information content (AvgIpc) is 3.91. The van der Waals surface area contributed by atoms with Crippen LogP contribution < -0.4 is 4.74 Å². The quantitative estimate of drug-likeness (QED) is 0.165. The molecule has 0 unspecified atom stereocenters. The van der Waals surface area contributed by atoms with E-state index in [9.17, 15) is 19.5 Å². The summed E-state index contributed by atoms with van der Waals surface area (Å²) in [6, 6.07) is 5.96. The molecule has 1 aromatic carbocycles. The van der Waals surface area contributed by atoms with Gasteiger partial charge < -0.3 is 9.84 Å². The summed E-state index contributed by atoms with van der Waals surface area (Å²) in [6.45, 7) is 23.6. The van der Waals surface area contributed by atoms with Gasteiger partial charge in [0.2, 0.25) is 0 Å². The van der Waals surface area contributed by atoms with Crippen molar-refractivity contribution in [2.75, 3.05) is 7.11 Å². The van der Waals surface area contributed by atoms with Gasteiger partial charge in [-0.1, -0.05) is 115 Å². The molecule has 0 radical (unpaired) electrons. The highest BCUT2D eigenvalue weighted by atomic mass is 16.5. The first-order valence-corrected chi connectivity index (χ1v) is 16.5. The fourth-order valence-electron chi connectivity index (χ4n) is 4.32. The zero-order valence-electron chi connectivity index (χ0n) is 30.0. The number of ketones is 2. The summed E-state index contributed by atoms with van der Waals surface area (Å²) in [5, 5.41) is 9.20. The Hall–Kier alpha value is -3.73. The molecule has 0 aromatic heterocycles. The van der Waals surface area contributed by atoms with Crippen LogP contribution >= 0.6 is 0 Å². The number of aliphatic carboxylic acids is 1. The summed E-state index contributed by atoms with van der Waals surface area (Å²) >= 11 is 0. The van der Waals surface area contributed by atoms with Crippen molar-refractivity contribution in [1.29, 1.82) is 0 Å². The second-order valence-corrected chi connectivity index (χ2v) is 10.4. The Morgan fingerprint density at radius 3 is 1.98 bits per heavy atom. The van der Waals surface area contributed by atoms with Crippen LogP contribution in [0.5, 0.6) is 5.75 Å². The predicted octanol–water partition coefficient (Wildman–Crippen LogP) is 10.9. The summed E-state index contributed by atoms with van der Waals surface area (Å²) in [5.74, 6) is 1.09. The van der Waals surface area contributed by atoms with E-state index in [1.165, 1.54) is 5.57 Å². The molecule has 45 heavy (non-hydrogen) atoms. The average molecular weight is 621 g/mol. The van der Waals surface area contributed by atoms with Crippen molar-refractivity contribution in [3.05, 3.63) is 94.7 Å². The fourth-order valence-corrected chi connectivity index (χ4v) is 4.32. The van der Waals surface area contributed by atoms with Gasteiger partial charge in [-0.3, -0.25) is 9.59 Å². The number of carbonyl (C=O) groups is 3. The molecule has 1 fully saturated rings. The van der Waals surface area contributed by atoms with Crippen LogP contribution in [0.15, 0.2) is 83.5 Å². The highest BCUT2D eigenvalue weighted by molar-refractivity contribution is 5.99. The van der Waals surface area contributed by atoms with E-state index in [1.54, 1.807) is 25.3 Å². The summed E-state index contributed by atoms with van der Waals surface area (Å²) in [6.07, 6.45) is 17.0. The molecular weight excluding hydrogens is 560 g/mol. The van der Waals surface area contributed by atoms with Crippen molar-refractivity contribution in [3.8, 4) is 5.75 Å². The number of ether oxygens (including phenoxy) is 1. The molecule has 1 aromatic rings. The van der Waals surface area contributed by atoms with E-state index in [4.69, 9.17) is 4.74 Å². The topological polar surface area (TPSA) is 80.7 Å². The summed E-state index contributed by atoms with van der Waals surface area (Å²) < 4.78 is 5.53. The van der Waals surface area contributed by atoms with Crippen LogP contribution in [-0.2, 0) is 20.8 Å². The van der Waals surface area contributed by atoms with Gasteiger partial charge in [-0.15, -0.1) is 0 Å². The minimum atomic E-state index is -0.879. The third kappa shape index (κ3) is 16.8. The van der Waals surface area contributed by atoms with Gasteiger partial charge in [0, 0.05) is 35.5 Å². The number of Topliss-reactive ketones (excluding diaryl/α,β-unsaturated/α-hetero) is 2. The Kier molecular flexibility index (Phi) is 24.7. The Labute approximate surface area is 274 Å². The maximum Gasteiger partial charge on any atom is 0.331 e. The van der Waals surface area contributed by atoms with Crippen LogP contribution in [0.2, 0.25) is 0 Å². The third-order valence-corrected chi connectivity index (χ3v) is 7.09. The lowest BCUT2D eigenvalue weighted by atomic mass is 9.99. The van der Waals surface area contributed by atoms with E-state index in [0.717, 1.165) is 65.7 Å². The zero-order chi connectivity index (χ0) is 34.9. The van der Waals surface area contributed by atoms with Crippen molar-refractivity contribution in [3.63, 3.8) is 0 Å². The largest absolute Gasteiger partial charge is 0.496 e. The number of carboxylic acid groups (broad SMARTS) is 1. The molecule has 1 N–H and O–H groups in total. The Balaban J connectivity index is 0. The second kappa shape index (κ2) is 25.6. The molecule has 1 saturated carbocycles. The molecule has 0 aliphatic heterocycles. The summed E-state index contributed by atoms with van der Waals surface area (Å²) in [5.41, 5.74) is 6.36. The van der Waals surface area contributed by atoms with Crippen LogP contribution in [0.4, 0.5) is 0 Å². The number of benzene rings is 1. The maximum absolute atomic E-state index is 11.5. The lowest BCUT2D eigenvalue weighted by Crippen LogP contribution is -2.01. The van der Waals surface area contributed by atoms with Gasteiger partial charge in [0.05, 0.1) is 7.11 Å². The van der Waals surface area contributed by atoms with Crippen molar-refractivity contribution in [2.45, 2.75) is 114 Å². The molecule has 5 heteroatoms. The van der Waals surface area contributed by atoms with Crippen LogP contribution in [-0.4, -0.2) is 29.8 Å². The zero-order valence-corrected chi connectivity index (χ0v) is 30.0. The molecule has 0 bridgehead atoms. The van der Waals surface area contributed by atoms with Crippen LogP contribution in [0, 0.1) is 5.92 Å². The number of hydrogen-bond donors (Lipinski definition) is 1. The molecule has 2 rings (SSSR count). The predicted molar refractivity (Wildman–Crippen MR) is 193 cm³/mol. The van der Waals surface area contributed by atoms with Gasteiger partial charge in [-0.05, 0) is 70.1 Å². The molecule has 0 atom stereocenters. The first-order valence-electron chi connectivity index (χ1n) is 16.5. The fraction of sp³-hybridized carbons (Fsp3) is 0.475. The van der Waals surface area contributed by atoms with E-state index in [0.29, 0.717) is 30.1 Å². The molecule has 1 aliphatic rings. The minimum Gasteiger partial charge on any atom is -0.496 e. The van der Waals surface area contributed by atoms with E-state index in [2.05, 4.69) is 13.5 Å². The Morgan fingerprint density at radius 2 is 1.60 bits per heavy atom. The first kappa shape index (κ1) is 43.4. The molecule has 0 spiro atoms. The van der Waals surface area contributed by atoms with Crippen molar-refractivity contribution < 1.29 is 24.2 Å². The standard InChI is InChI=1S/C19H24O3.C13H20O.C6H10O.C2H6/c1-5-9-16(19(20)21)13-12-14(6-2)17-11-8-10-15(7-3)18(17)22-4;1-6-10(4)9-11(5)12(7-2)13(14)8-3;1-2-6(7)5-3-4-5;1-2/h6,8,10-13H,2,5,7,9H2,1,3-4H3,(H,20,21);6-7,9H,8H2,1-5H3;5H,2-4H2,1H3;1-2H3/b14-12+,16-13+;10-6-,11-9-,12-7+;;. The second-order valence-electron chi connectivity index (χ2n) is 10.4. The number of rotatable bonds is 14. The van der Waals surface area contributed by atoms with E-state index in [-0.39, 0.29) is 5.78 Å². The first-order chi connectivity index (χ1) is 21.5. The van der Waals surface area contributed by atoms with Gasteiger partial charge in [0.15, 0.2) is 5.78 Å². The number of carboxylic acids is 1. The number of para-hydroxylation sites is 1. The molecule has 0 saturated heterocycles. The van der Waals surface area contributed by atoms with Gasteiger partial charge in [-0.25, -0.2) is 4.79 Å². The van der Waals surface area contributed by atoms with Crippen LogP contribution in [0.25, 0.3) is 5.57 Å². The van der Waals surface area contributed by atoms with Crippen molar-refractivity contribution in [2.24, 2.45) is 5.92 Å². The normalized spacial score (nSPS) is 13.6. The van der Waals surface area contributed by atoms with E-state index < -0.39 is 5.97 Å². The van der Waals surface area contributed by atoms with Gasteiger partial charge in [0.25, 0.3) is 0 Å². The molecule has 1 aliphatic carbocycles. The Bertz CT molecular complexity index is 1230. The lowest BCUT2D eigenvalue weighted by Gasteiger charge is -2.13. The third-order valence-electron chi connectivity index (χ3n) is 7.09. The smallest absolute Gasteiger partial charge is 0.331 e. The SMILES string of the molecule is C=C/C(=C\C=C(/CCC)C(=O)O)c1cccc(CC)c1OC.CC.CCC(=O)C1CC1.C\C=C(C)/C=C(C)\C(=C/C)C(=O)CC. The number of allylic oxidation sites excluding steroid dienone is 10. The van der Waals surface area contributed by atoms with Crippen molar-refractivity contribution >= 4 is 23.1 Å². The highest BCUT2D eigenvalue weighted by Gasteiger charge is 2.27. The van der Waals surface area contributed by atoms with Gasteiger partial charge in [-0.2, -0.15) is 0 Å². The monoisotopic (exact) mass is 620 g/mol. The van der Waals surface area contributed by atoms with Crippen LogP contribution in [0.3, 0.4) is 0 Å². The number of carbonyl (C=O) groups excluding carboxylic acids is 2. The molecule has 0 heterocycles. The molecule has 0 amide bonds. The molecule has 250 valence electrons. The van der Waals surface area contributed by atoms with E-state index >= 15 is 0 Å².